The lowest BCUT2D eigenvalue weighted by Crippen LogP contribution is -2.47. The largest absolute Gasteiger partial charge is 0.326 e. The fourth-order valence-electron chi connectivity index (χ4n) is 2.85. The maximum absolute atomic E-state index is 12.4. The summed E-state index contributed by atoms with van der Waals surface area (Å²) in [5.74, 6) is -0.136. The van der Waals surface area contributed by atoms with Crippen molar-refractivity contribution in [2.45, 2.75) is 26.7 Å². The first-order chi connectivity index (χ1) is 11.5. The molecule has 0 atom stereocenters. The van der Waals surface area contributed by atoms with Gasteiger partial charge in [0.25, 0.3) is 0 Å². The number of piperidine rings is 1. The standard InChI is InChI=1S/C17H23Cl2N3O2/c1-3-21(4-2)17(24)22-9-7-12(8-10-22)16(23)20-13-5-6-14(18)15(19)11-13/h5-6,11-12H,3-4,7-10H2,1-2H3,(H,20,23). The van der Waals surface area contributed by atoms with Crippen molar-refractivity contribution < 1.29 is 9.59 Å². The minimum absolute atomic E-state index is 0.0386. The van der Waals surface area contributed by atoms with E-state index < -0.39 is 0 Å². The van der Waals surface area contributed by atoms with Gasteiger partial charge in [-0.15, -0.1) is 0 Å². The lowest BCUT2D eigenvalue weighted by Gasteiger charge is -2.34. The van der Waals surface area contributed by atoms with E-state index in [1.807, 2.05) is 18.7 Å². The van der Waals surface area contributed by atoms with Gasteiger partial charge in [-0.1, -0.05) is 23.2 Å². The number of nitrogens with one attached hydrogen (secondary N) is 1. The topological polar surface area (TPSA) is 52.7 Å². The molecule has 7 heteroatoms. The third-order valence-electron chi connectivity index (χ3n) is 4.36. The molecule has 1 saturated heterocycles. The summed E-state index contributed by atoms with van der Waals surface area (Å²) in [4.78, 5) is 28.3. The average molecular weight is 372 g/mol. The highest BCUT2D eigenvalue weighted by Crippen LogP contribution is 2.26. The van der Waals surface area contributed by atoms with Crippen LogP contribution in [0.4, 0.5) is 10.5 Å². The normalized spacial score (nSPS) is 15.2. The number of carbonyl (C=O) groups is 2. The molecular formula is C17H23Cl2N3O2. The van der Waals surface area contributed by atoms with Crippen LogP contribution in [0.5, 0.6) is 0 Å². The quantitative estimate of drug-likeness (QED) is 0.865. The lowest BCUT2D eigenvalue weighted by molar-refractivity contribution is -0.121. The predicted octanol–water partition coefficient (Wildman–Crippen LogP) is 4.11. The molecule has 5 nitrogen and oxygen atoms in total. The van der Waals surface area contributed by atoms with Gasteiger partial charge < -0.3 is 15.1 Å². The highest BCUT2D eigenvalue weighted by Gasteiger charge is 2.28. The van der Waals surface area contributed by atoms with Crippen LogP contribution in [0.25, 0.3) is 0 Å². The van der Waals surface area contributed by atoms with Crippen molar-refractivity contribution in [3.8, 4) is 0 Å². The molecule has 0 unspecified atom stereocenters. The summed E-state index contributed by atoms with van der Waals surface area (Å²) in [5, 5.41) is 3.74. The van der Waals surface area contributed by atoms with E-state index in [2.05, 4.69) is 5.32 Å². The molecule has 24 heavy (non-hydrogen) atoms. The first-order valence-electron chi connectivity index (χ1n) is 8.26. The number of benzene rings is 1. The molecular weight excluding hydrogens is 349 g/mol. The third-order valence-corrected chi connectivity index (χ3v) is 5.10. The van der Waals surface area contributed by atoms with Crippen LogP contribution in [0.15, 0.2) is 18.2 Å². The first-order valence-corrected chi connectivity index (χ1v) is 9.01. The van der Waals surface area contributed by atoms with Gasteiger partial charge in [0, 0.05) is 37.8 Å². The van der Waals surface area contributed by atoms with Crippen molar-refractivity contribution in [1.29, 1.82) is 0 Å². The number of likely N-dealkylation sites (tertiary alicyclic amines) is 1. The number of urea groups is 1. The van der Waals surface area contributed by atoms with E-state index in [0.29, 0.717) is 54.8 Å². The summed E-state index contributed by atoms with van der Waals surface area (Å²) < 4.78 is 0. The van der Waals surface area contributed by atoms with Crippen LogP contribution in [0.1, 0.15) is 26.7 Å². The molecule has 0 spiro atoms. The molecule has 3 amide bonds. The SMILES string of the molecule is CCN(CC)C(=O)N1CCC(C(=O)Nc2ccc(Cl)c(Cl)c2)CC1. The van der Waals surface area contributed by atoms with Crippen LogP contribution in [-0.4, -0.2) is 47.9 Å². The molecule has 0 saturated carbocycles. The van der Waals surface area contributed by atoms with Crippen LogP contribution < -0.4 is 5.32 Å². The third kappa shape index (κ3) is 4.54. The Hall–Kier alpha value is -1.46. The van der Waals surface area contributed by atoms with Crippen molar-refractivity contribution in [1.82, 2.24) is 9.80 Å². The second kappa shape index (κ2) is 8.58. The fraction of sp³-hybridized carbons (Fsp3) is 0.529. The Morgan fingerprint density at radius 3 is 2.33 bits per heavy atom. The van der Waals surface area contributed by atoms with Crippen molar-refractivity contribution in [2.24, 2.45) is 5.92 Å². The minimum atomic E-state index is -0.0970. The summed E-state index contributed by atoms with van der Waals surface area (Å²) in [5.41, 5.74) is 0.635. The van der Waals surface area contributed by atoms with E-state index in [4.69, 9.17) is 23.2 Å². The predicted molar refractivity (Wildman–Crippen MR) is 97.7 cm³/mol. The molecule has 0 radical (unpaired) electrons. The number of anilines is 1. The van der Waals surface area contributed by atoms with Crippen LogP contribution in [-0.2, 0) is 4.79 Å². The van der Waals surface area contributed by atoms with Crippen molar-refractivity contribution in [3.63, 3.8) is 0 Å². The molecule has 1 aromatic carbocycles. The van der Waals surface area contributed by atoms with Crippen LogP contribution in [0.2, 0.25) is 10.0 Å². The molecule has 2 rings (SSSR count). The zero-order valence-electron chi connectivity index (χ0n) is 14.0. The number of nitrogens with zero attached hydrogens (tertiary/aromatic N) is 2. The van der Waals surface area contributed by atoms with Crippen LogP contribution in [0, 0.1) is 5.92 Å². The maximum Gasteiger partial charge on any atom is 0.319 e. The van der Waals surface area contributed by atoms with Gasteiger partial charge in [0.1, 0.15) is 0 Å². The molecule has 0 aliphatic carbocycles. The number of rotatable bonds is 4. The van der Waals surface area contributed by atoms with Crippen LogP contribution >= 0.6 is 23.2 Å². The molecule has 132 valence electrons. The summed E-state index contributed by atoms with van der Waals surface area (Å²) in [7, 11) is 0. The Kier molecular flexibility index (Phi) is 6.75. The van der Waals surface area contributed by atoms with Gasteiger partial charge in [0.15, 0.2) is 0 Å². The van der Waals surface area contributed by atoms with Gasteiger partial charge in [0.2, 0.25) is 5.91 Å². The lowest BCUT2D eigenvalue weighted by atomic mass is 9.96. The fourth-order valence-corrected chi connectivity index (χ4v) is 3.14. The van der Waals surface area contributed by atoms with Crippen molar-refractivity contribution in [2.75, 3.05) is 31.5 Å². The molecule has 1 aromatic rings. The van der Waals surface area contributed by atoms with E-state index >= 15 is 0 Å². The number of amides is 3. The van der Waals surface area contributed by atoms with E-state index in [0.717, 1.165) is 0 Å². The number of carbonyl (C=O) groups excluding carboxylic acids is 2. The zero-order valence-corrected chi connectivity index (χ0v) is 15.5. The summed E-state index contributed by atoms with van der Waals surface area (Å²) in [6.07, 6.45) is 1.33. The van der Waals surface area contributed by atoms with E-state index in [9.17, 15) is 9.59 Å². The molecule has 1 heterocycles. The highest BCUT2D eigenvalue weighted by molar-refractivity contribution is 6.42. The van der Waals surface area contributed by atoms with Gasteiger partial charge in [-0.05, 0) is 44.9 Å². The van der Waals surface area contributed by atoms with Gasteiger partial charge in [0.05, 0.1) is 10.0 Å². The molecule has 0 bridgehead atoms. The second-order valence-corrected chi connectivity index (χ2v) is 6.65. The van der Waals surface area contributed by atoms with Gasteiger partial charge in [-0.3, -0.25) is 4.79 Å². The Morgan fingerprint density at radius 2 is 1.79 bits per heavy atom. The minimum Gasteiger partial charge on any atom is -0.326 e. The van der Waals surface area contributed by atoms with Gasteiger partial charge in [-0.25, -0.2) is 4.79 Å². The van der Waals surface area contributed by atoms with E-state index in [1.54, 1.807) is 23.1 Å². The average Bonchev–Trinajstić information content (AvgIpc) is 2.59. The van der Waals surface area contributed by atoms with Crippen LogP contribution in [0.3, 0.4) is 0 Å². The Bertz CT molecular complexity index is 597. The Balaban J connectivity index is 1.88. The highest BCUT2D eigenvalue weighted by atomic mass is 35.5. The molecule has 1 fully saturated rings. The van der Waals surface area contributed by atoms with Gasteiger partial charge in [-0.2, -0.15) is 0 Å². The van der Waals surface area contributed by atoms with Gasteiger partial charge >= 0.3 is 6.03 Å². The number of halogens is 2. The second-order valence-electron chi connectivity index (χ2n) is 5.83. The summed E-state index contributed by atoms with van der Waals surface area (Å²) in [6, 6.07) is 5.08. The van der Waals surface area contributed by atoms with Crippen molar-refractivity contribution in [3.05, 3.63) is 28.2 Å². The van der Waals surface area contributed by atoms with Crippen molar-refractivity contribution >= 4 is 40.8 Å². The van der Waals surface area contributed by atoms with E-state index in [-0.39, 0.29) is 17.9 Å². The van der Waals surface area contributed by atoms with E-state index in [1.165, 1.54) is 0 Å². The Morgan fingerprint density at radius 1 is 1.17 bits per heavy atom. The molecule has 1 N–H and O–H groups in total. The monoisotopic (exact) mass is 371 g/mol. The smallest absolute Gasteiger partial charge is 0.319 e. The summed E-state index contributed by atoms with van der Waals surface area (Å²) in [6.45, 7) is 6.56. The Labute approximate surface area is 152 Å². The summed E-state index contributed by atoms with van der Waals surface area (Å²) >= 11 is 11.8. The first kappa shape index (κ1) is 18.9. The molecule has 1 aliphatic rings. The number of hydrogen-bond acceptors (Lipinski definition) is 2. The molecule has 1 aliphatic heterocycles. The maximum atomic E-state index is 12.4. The zero-order chi connectivity index (χ0) is 17.7. The molecule has 0 aromatic heterocycles. The number of hydrogen-bond donors (Lipinski definition) is 1.